The number of rotatable bonds is 4. The quantitative estimate of drug-likeness (QED) is 0.800. The number of hydrogen-bond donors (Lipinski definition) is 2. The van der Waals surface area contributed by atoms with Crippen LogP contribution < -0.4 is 5.32 Å². The molecule has 1 aromatic rings. The molecular weight excluding hydrogens is 206 g/mol. The largest absolute Gasteiger partial charge is 0.376 e. The van der Waals surface area contributed by atoms with Gasteiger partial charge in [0.15, 0.2) is 0 Å². The van der Waals surface area contributed by atoms with Crippen LogP contribution in [0.25, 0.3) is 0 Å². The monoisotopic (exact) mass is 223 g/mol. The summed E-state index contributed by atoms with van der Waals surface area (Å²) in [5.74, 6) is -0.0884. The molecule has 1 heterocycles. The summed E-state index contributed by atoms with van der Waals surface area (Å²) >= 11 is 0. The standard InChI is InChI=1S/C11H17N3O2/c1-8-9(6-13-14-8)10(15)12-7-11(16-2)4-3-5-11/h6H,3-5,7H2,1-2H3,(H,12,15)(H,13,14). The first-order valence-electron chi connectivity index (χ1n) is 5.50. The van der Waals surface area contributed by atoms with Crippen molar-refractivity contribution in [3.05, 3.63) is 17.5 Å². The normalized spacial score (nSPS) is 17.9. The van der Waals surface area contributed by atoms with Crippen LogP contribution in [-0.2, 0) is 4.74 Å². The predicted molar refractivity (Wildman–Crippen MR) is 59.2 cm³/mol. The van der Waals surface area contributed by atoms with Crippen LogP contribution in [0.1, 0.15) is 35.3 Å². The molecular formula is C11H17N3O2. The van der Waals surface area contributed by atoms with E-state index in [9.17, 15) is 4.79 Å². The number of aryl methyl sites for hydroxylation is 1. The van der Waals surface area contributed by atoms with Crippen LogP contribution >= 0.6 is 0 Å². The lowest BCUT2D eigenvalue weighted by Gasteiger charge is -2.40. The minimum atomic E-state index is -0.132. The zero-order chi connectivity index (χ0) is 11.6. The number of aromatic amines is 1. The number of aromatic nitrogens is 2. The Labute approximate surface area is 94.6 Å². The smallest absolute Gasteiger partial charge is 0.254 e. The molecule has 16 heavy (non-hydrogen) atoms. The molecule has 1 aliphatic carbocycles. The summed E-state index contributed by atoms with van der Waals surface area (Å²) in [6.45, 7) is 2.41. The van der Waals surface area contributed by atoms with Gasteiger partial charge in [-0.3, -0.25) is 9.89 Å². The fourth-order valence-corrected chi connectivity index (χ4v) is 1.94. The van der Waals surface area contributed by atoms with Crippen LogP contribution in [0.4, 0.5) is 0 Å². The summed E-state index contributed by atoms with van der Waals surface area (Å²) < 4.78 is 5.43. The number of nitrogens with one attached hydrogen (secondary N) is 2. The summed E-state index contributed by atoms with van der Waals surface area (Å²) in [6, 6.07) is 0. The maximum absolute atomic E-state index is 11.8. The van der Waals surface area contributed by atoms with Crippen molar-refractivity contribution in [2.75, 3.05) is 13.7 Å². The van der Waals surface area contributed by atoms with Gasteiger partial charge in [0, 0.05) is 19.3 Å². The number of hydrogen-bond acceptors (Lipinski definition) is 3. The molecule has 0 spiro atoms. The van der Waals surface area contributed by atoms with Crippen molar-refractivity contribution in [1.82, 2.24) is 15.5 Å². The summed E-state index contributed by atoms with van der Waals surface area (Å²) in [5, 5.41) is 9.47. The highest BCUT2D eigenvalue weighted by Gasteiger charge is 2.37. The predicted octanol–water partition coefficient (Wildman–Crippen LogP) is 1.02. The lowest BCUT2D eigenvalue weighted by Crippen LogP contribution is -2.49. The first kappa shape index (κ1) is 11.1. The third-order valence-electron chi connectivity index (χ3n) is 3.34. The molecule has 1 saturated carbocycles. The Morgan fingerprint density at radius 2 is 2.44 bits per heavy atom. The summed E-state index contributed by atoms with van der Waals surface area (Å²) in [6.07, 6.45) is 4.77. The first-order valence-corrected chi connectivity index (χ1v) is 5.50. The number of H-pyrrole nitrogens is 1. The van der Waals surface area contributed by atoms with Gasteiger partial charge >= 0.3 is 0 Å². The van der Waals surface area contributed by atoms with Gasteiger partial charge in [-0.05, 0) is 26.2 Å². The molecule has 0 atom stereocenters. The Morgan fingerprint density at radius 1 is 1.69 bits per heavy atom. The van der Waals surface area contributed by atoms with Gasteiger partial charge < -0.3 is 10.1 Å². The van der Waals surface area contributed by atoms with Crippen LogP contribution in [-0.4, -0.2) is 35.4 Å². The molecule has 1 aliphatic rings. The number of nitrogens with zero attached hydrogens (tertiary/aromatic N) is 1. The van der Waals surface area contributed by atoms with Crippen molar-refractivity contribution < 1.29 is 9.53 Å². The molecule has 88 valence electrons. The summed E-state index contributed by atoms with van der Waals surface area (Å²) in [5.41, 5.74) is 1.26. The maximum atomic E-state index is 11.8. The topological polar surface area (TPSA) is 67.0 Å². The molecule has 1 fully saturated rings. The van der Waals surface area contributed by atoms with E-state index in [1.807, 2.05) is 6.92 Å². The molecule has 5 heteroatoms. The van der Waals surface area contributed by atoms with E-state index in [4.69, 9.17) is 4.74 Å². The van der Waals surface area contributed by atoms with Gasteiger partial charge in [0.2, 0.25) is 0 Å². The number of amides is 1. The van der Waals surface area contributed by atoms with Gasteiger partial charge in [0.05, 0.1) is 17.4 Å². The molecule has 0 radical (unpaired) electrons. The van der Waals surface area contributed by atoms with E-state index >= 15 is 0 Å². The van der Waals surface area contributed by atoms with Gasteiger partial charge in [0.25, 0.3) is 5.91 Å². The van der Waals surface area contributed by atoms with E-state index in [0.717, 1.165) is 18.5 Å². The Hall–Kier alpha value is -1.36. The second-order valence-electron chi connectivity index (χ2n) is 4.33. The Kier molecular flexibility index (Phi) is 2.96. The zero-order valence-electron chi connectivity index (χ0n) is 9.67. The highest BCUT2D eigenvalue weighted by atomic mass is 16.5. The third kappa shape index (κ3) is 1.95. The molecule has 0 unspecified atom stereocenters. The minimum Gasteiger partial charge on any atom is -0.376 e. The number of ether oxygens (including phenoxy) is 1. The second-order valence-corrected chi connectivity index (χ2v) is 4.33. The van der Waals surface area contributed by atoms with Crippen molar-refractivity contribution in [3.63, 3.8) is 0 Å². The summed E-state index contributed by atoms with van der Waals surface area (Å²) in [7, 11) is 1.70. The van der Waals surface area contributed by atoms with E-state index in [0.29, 0.717) is 12.1 Å². The minimum absolute atomic E-state index is 0.0884. The van der Waals surface area contributed by atoms with E-state index < -0.39 is 0 Å². The van der Waals surface area contributed by atoms with E-state index in [2.05, 4.69) is 15.5 Å². The number of methoxy groups -OCH3 is 1. The van der Waals surface area contributed by atoms with E-state index in [1.165, 1.54) is 6.42 Å². The highest BCUT2D eigenvalue weighted by Crippen LogP contribution is 2.34. The van der Waals surface area contributed by atoms with Gasteiger partial charge in [0.1, 0.15) is 0 Å². The second kappa shape index (κ2) is 4.25. The van der Waals surface area contributed by atoms with E-state index in [-0.39, 0.29) is 11.5 Å². The van der Waals surface area contributed by atoms with Crippen LogP contribution in [0.2, 0.25) is 0 Å². The third-order valence-corrected chi connectivity index (χ3v) is 3.34. The molecule has 0 aliphatic heterocycles. The Bertz CT molecular complexity index is 377. The molecule has 2 rings (SSSR count). The Balaban J connectivity index is 1.91. The fraction of sp³-hybridized carbons (Fsp3) is 0.636. The van der Waals surface area contributed by atoms with Crippen molar-refractivity contribution in [2.24, 2.45) is 0 Å². The fourth-order valence-electron chi connectivity index (χ4n) is 1.94. The average Bonchev–Trinajstić information content (AvgIpc) is 2.63. The van der Waals surface area contributed by atoms with Gasteiger partial charge in [-0.2, -0.15) is 5.10 Å². The first-order chi connectivity index (χ1) is 7.67. The molecule has 0 saturated heterocycles. The van der Waals surface area contributed by atoms with Crippen LogP contribution in [0.5, 0.6) is 0 Å². The molecule has 1 amide bonds. The van der Waals surface area contributed by atoms with Crippen molar-refractivity contribution >= 4 is 5.91 Å². The number of carbonyl (C=O) groups excluding carboxylic acids is 1. The molecule has 0 aromatic carbocycles. The Morgan fingerprint density at radius 3 is 2.88 bits per heavy atom. The van der Waals surface area contributed by atoms with Crippen molar-refractivity contribution in [3.8, 4) is 0 Å². The zero-order valence-corrected chi connectivity index (χ0v) is 9.67. The van der Waals surface area contributed by atoms with Gasteiger partial charge in [-0.25, -0.2) is 0 Å². The highest BCUT2D eigenvalue weighted by molar-refractivity contribution is 5.94. The molecule has 1 aromatic heterocycles. The van der Waals surface area contributed by atoms with Crippen molar-refractivity contribution in [1.29, 1.82) is 0 Å². The van der Waals surface area contributed by atoms with E-state index in [1.54, 1.807) is 13.3 Å². The lowest BCUT2D eigenvalue weighted by atomic mass is 9.80. The van der Waals surface area contributed by atoms with Crippen molar-refractivity contribution in [2.45, 2.75) is 31.8 Å². The number of carbonyl (C=O) groups is 1. The van der Waals surface area contributed by atoms with Crippen LogP contribution in [0, 0.1) is 6.92 Å². The van der Waals surface area contributed by atoms with Gasteiger partial charge in [-0.15, -0.1) is 0 Å². The molecule has 2 N–H and O–H groups in total. The maximum Gasteiger partial charge on any atom is 0.254 e. The van der Waals surface area contributed by atoms with Crippen LogP contribution in [0.3, 0.4) is 0 Å². The summed E-state index contributed by atoms with van der Waals surface area (Å²) in [4.78, 5) is 11.8. The SMILES string of the molecule is COC1(CNC(=O)c2cn[nH]c2C)CCC1. The van der Waals surface area contributed by atoms with Crippen LogP contribution in [0.15, 0.2) is 6.20 Å². The molecule has 5 nitrogen and oxygen atoms in total. The lowest BCUT2D eigenvalue weighted by molar-refractivity contribution is -0.0679. The average molecular weight is 223 g/mol. The van der Waals surface area contributed by atoms with Gasteiger partial charge in [-0.1, -0.05) is 0 Å². The molecule has 0 bridgehead atoms.